The van der Waals surface area contributed by atoms with Crippen molar-refractivity contribution in [3.05, 3.63) is 53.2 Å². The van der Waals surface area contributed by atoms with Crippen molar-refractivity contribution < 1.29 is 4.79 Å². The van der Waals surface area contributed by atoms with E-state index in [1.807, 2.05) is 38.2 Å². The van der Waals surface area contributed by atoms with E-state index in [2.05, 4.69) is 10.2 Å². The molecule has 0 radical (unpaired) electrons. The number of thioether (sulfide) groups is 1. The molecule has 1 heterocycles. The summed E-state index contributed by atoms with van der Waals surface area (Å²) in [5.41, 5.74) is 1.83. The lowest BCUT2D eigenvalue weighted by atomic mass is 10.1. The SMILES string of the molecule is Cc1ccc(C(=O)C=CSc2nncn2C)cc1. The van der Waals surface area contributed by atoms with Crippen LogP contribution in [0.2, 0.25) is 0 Å². The maximum Gasteiger partial charge on any atom is 0.194 e. The predicted molar refractivity (Wildman–Crippen MR) is 71.5 cm³/mol. The molecule has 0 saturated carbocycles. The molecule has 18 heavy (non-hydrogen) atoms. The smallest absolute Gasteiger partial charge is 0.194 e. The number of hydrogen-bond donors (Lipinski definition) is 0. The second-order valence-electron chi connectivity index (χ2n) is 3.88. The van der Waals surface area contributed by atoms with Crippen LogP contribution in [0.4, 0.5) is 0 Å². The summed E-state index contributed by atoms with van der Waals surface area (Å²) in [6.45, 7) is 1.99. The van der Waals surface area contributed by atoms with Crippen LogP contribution >= 0.6 is 11.8 Å². The summed E-state index contributed by atoms with van der Waals surface area (Å²) in [7, 11) is 1.86. The van der Waals surface area contributed by atoms with Gasteiger partial charge in [0, 0.05) is 12.6 Å². The van der Waals surface area contributed by atoms with Gasteiger partial charge >= 0.3 is 0 Å². The average Bonchev–Trinajstić information content (AvgIpc) is 2.76. The third kappa shape index (κ3) is 3.07. The Labute approximate surface area is 110 Å². The van der Waals surface area contributed by atoms with Crippen molar-refractivity contribution >= 4 is 17.5 Å². The first-order valence-corrected chi connectivity index (χ1v) is 6.33. The van der Waals surface area contributed by atoms with Crippen LogP contribution in [-0.4, -0.2) is 20.5 Å². The Kier molecular flexibility index (Phi) is 3.94. The molecule has 0 aliphatic rings. The second kappa shape index (κ2) is 5.64. The first kappa shape index (κ1) is 12.6. The van der Waals surface area contributed by atoms with Gasteiger partial charge in [0.05, 0.1) is 0 Å². The van der Waals surface area contributed by atoms with Crippen molar-refractivity contribution in [1.29, 1.82) is 0 Å². The lowest BCUT2D eigenvalue weighted by Crippen LogP contribution is -1.93. The summed E-state index contributed by atoms with van der Waals surface area (Å²) in [5.74, 6) is -0.00957. The van der Waals surface area contributed by atoms with Gasteiger partial charge < -0.3 is 4.57 Å². The summed E-state index contributed by atoms with van der Waals surface area (Å²) in [5, 5.41) is 10.2. The molecule has 2 rings (SSSR count). The number of benzene rings is 1. The molecule has 0 aliphatic heterocycles. The normalized spacial score (nSPS) is 11.0. The van der Waals surface area contributed by atoms with Crippen LogP contribution in [0.1, 0.15) is 15.9 Å². The number of aromatic nitrogens is 3. The molecule has 2 aromatic rings. The molecule has 0 unspecified atom stereocenters. The van der Waals surface area contributed by atoms with Crippen molar-refractivity contribution in [1.82, 2.24) is 14.8 Å². The zero-order valence-corrected chi connectivity index (χ0v) is 11.0. The van der Waals surface area contributed by atoms with Crippen LogP contribution in [0.3, 0.4) is 0 Å². The zero-order chi connectivity index (χ0) is 13.0. The maximum absolute atomic E-state index is 11.8. The van der Waals surface area contributed by atoms with E-state index < -0.39 is 0 Å². The number of carbonyl (C=O) groups excluding carboxylic acids is 1. The molecule has 0 spiro atoms. The summed E-state index contributed by atoms with van der Waals surface area (Å²) in [4.78, 5) is 11.8. The van der Waals surface area contributed by atoms with Crippen LogP contribution < -0.4 is 0 Å². The second-order valence-corrected chi connectivity index (χ2v) is 4.75. The fourth-order valence-corrected chi connectivity index (χ4v) is 1.97. The van der Waals surface area contributed by atoms with Gasteiger partial charge in [0.15, 0.2) is 10.9 Å². The minimum atomic E-state index is -0.00957. The fourth-order valence-electron chi connectivity index (χ4n) is 1.35. The van der Waals surface area contributed by atoms with E-state index >= 15 is 0 Å². The Hall–Kier alpha value is -1.88. The quantitative estimate of drug-likeness (QED) is 0.481. The molecule has 92 valence electrons. The highest BCUT2D eigenvalue weighted by Crippen LogP contribution is 2.15. The number of allylic oxidation sites excluding steroid dienone is 1. The molecule has 0 saturated heterocycles. The number of rotatable bonds is 4. The first-order chi connectivity index (χ1) is 8.66. The molecule has 0 N–H and O–H groups in total. The summed E-state index contributed by atoms with van der Waals surface area (Å²) in [6.07, 6.45) is 3.17. The molecule has 0 fully saturated rings. The van der Waals surface area contributed by atoms with Gasteiger partial charge in [-0.25, -0.2) is 0 Å². The van der Waals surface area contributed by atoms with Gasteiger partial charge in [0.1, 0.15) is 6.33 Å². The minimum Gasteiger partial charge on any atom is -0.312 e. The van der Waals surface area contributed by atoms with Crippen LogP contribution in [0.25, 0.3) is 0 Å². The van der Waals surface area contributed by atoms with Crippen LogP contribution in [0.15, 0.2) is 47.2 Å². The Balaban J connectivity index is 1.99. The third-order valence-electron chi connectivity index (χ3n) is 2.40. The van der Waals surface area contributed by atoms with E-state index in [4.69, 9.17) is 0 Å². The van der Waals surface area contributed by atoms with Crippen molar-refractivity contribution in [2.24, 2.45) is 7.05 Å². The molecule has 1 aromatic heterocycles. The number of ketones is 1. The van der Waals surface area contributed by atoms with Crippen LogP contribution in [0.5, 0.6) is 0 Å². The largest absolute Gasteiger partial charge is 0.312 e. The Morgan fingerprint density at radius 2 is 2.06 bits per heavy atom. The van der Waals surface area contributed by atoms with E-state index in [1.54, 1.807) is 22.4 Å². The fraction of sp³-hybridized carbons (Fsp3) is 0.154. The Morgan fingerprint density at radius 3 is 2.67 bits per heavy atom. The Bertz CT molecular complexity index is 572. The van der Waals surface area contributed by atoms with Gasteiger partial charge in [-0.15, -0.1) is 10.2 Å². The van der Waals surface area contributed by atoms with Crippen molar-refractivity contribution in [3.8, 4) is 0 Å². The van der Waals surface area contributed by atoms with Gasteiger partial charge in [-0.2, -0.15) is 0 Å². The summed E-state index contributed by atoms with van der Waals surface area (Å²) >= 11 is 1.37. The zero-order valence-electron chi connectivity index (χ0n) is 10.2. The molecule has 0 bridgehead atoms. The van der Waals surface area contributed by atoms with E-state index in [0.29, 0.717) is 5.56 Å². The van der Waals surface area contributed by atoms with Gasteiger partial charge in [0.25, 0.3) is 0 Å². The molecule has 0 atom stereocenters. The standard InChI is InChI=1S/C13H13N3OS/c1-10-3-5-11(6-4-10)12(17)7-8-18-13-15-14-9-16(13)2/h3-9H,1-2H3. The number of hydrogen-bond acceptors (Lipinski definition) is 4. The van der Waals surface area contributed by atoms with Crippen molar-refractivity contribution in [3.63, 3.8) is 0 Å². The molecular formula is C13H13N3OS. The lowest BCUT2D eigenvalue weighted by Gasteiger charge is -1.97. The van der Waals surface area contributed by atoms with Crippen molar-refractivity contribution in [2.45, 2.75) is 12.1 Å². The number of carbonyl (C=O) groups is 1. The molecule has 1 aromatic carbocycles. The van der Waals surface area contributed by atoms with Gasteiger partial charge in [0.2, 0.25) is 0 Å². The highest BCUT2D eigenvalue weighted by atomic mass is 32.2. The maximum atomic E-state index is 11.8. The minimum absolute atomic E-state index is 0.00957. The summed E-state index contributed by atoms with van der Waals surface area (Å²) < 4.78 is 1.80. The van der Waals surface area contributed by atoms with Gasteiger partial charge in [-0.3, -0.25) is 4.79 Å². The average molecular weight is 259 g/mol. The topological polar surface area (TPSA) is 47.8 Å². The van der Waals surface area contributed by atoms with Crippen molar-refractivity contribution in [2.75, 3.05) is 0 Å². The van der Waals surface area contributed by atoms with E-state index in [-0.39, 0.29) is 5.78 Å². The molecule has 5 heteroatoms. The molecule has 4 nitrogen and oxygen atoms in total. The monoisotopic (exact) mass is 259 g/mol. The number of nitrogens with zero attached hydrogens (tertiary/aromatic N) is 3. The van der Waals surface area contributed by atoms with E-state index in [9.17, 15) is 4.79 Å². The van der Waals surface area contributed by atoms with E-state index in [0.717, 1.165) is 10.7 Å². The Morgan fingerprint density at radius 1 is 1.33 bits per heavy atom. The van der Waals surface area contributed by atoms with Gasteiger partial charge in [-0.05, 0) is 18.4 Å². The lowest BCUT2D eigenvalue weighted by molar-refractivity contribution is 0.104. The first-order valence-electron chi connectivity index (χ1n) is 5.45. The molecule has 0 amide bonds. The van der Waals surface area contributed by atoms with Crippen LogP contribution in [-0.2, 0) is 7.05 Å². The molecular weight excluding hydrogens is 246 g/mol. The van der Waals surface area contributed by atoms with Crippen LogP contribution in [0, 0.1) is 6.92 Å². The third-order valence-corrected chi connectivity index (χ3v) is 3.25. The summed E-state index contributed by atoms with van der Waals surface area (Å²) in [6, 6.07) is 7.51. The number of aryl methyl sites for hydroxylation is 2. The van der Waals surface area contributed by atoms with Gasteiger partial charge in [-0.1, -0.05) is 41.6 Å². The van der Waals surface area contributed by atoms with E-state index in [1.165, 1.54) is 11.8 Å². The highest BCUT2D eigenvalue weighted by Gasteiger charge is 2.02. The molecule has 0 aliphatic carbocycles. The predicted octanol–water partition coefficient (Wildman–Crippen LogP) is 2.61. The highest BCUT2D eigenvalue weighted by molar-refractivity contribution is 8.02.